The Balaban J connectivity index is 0.00000288. The van der Waals surface area contributed by atoms with Crippen LogP contribution in [0.4, 0.5) is 5.69 Å². The van der Waals surface area contributed by atoms with E-state index in [-0.39, 0.29) is 43.0 Å². The van der Waals surface area contributed by atoms with E-state index in [1.807, 2.05) is 0 Å². The number of hydrogen-bond acceptors (Lipinski definition) is 7. The summed E-state index contributed by atoms with van der Waals surface area (Å²) >= 11 is 0. The van der Waals surface area contributed by atoms with Gasteiger partial charge in [0.2, 0.25) is 0 Å². The number of nitro groups is 1. The lowest BCUT2D eigenvalue weighted by Gasteiger charge is -2.34. The van der Waals surface area contributed by atoms with Crippen LogP contribution >= 0.6 is 24.8 Å². The Hall–Kier alpha value is -1.79. The lowest BCUT2D eigenvalue weighted by Crippen LogP contribution is -2.45. The smallest absolute Gasteiger partial charge is 0.278 e. The number of benzene rings is 1. The molecule has 0 spiro atoms. The fourth-order valence-electron chi connectivity index (χ4n) is 2.83. The van der Waals surface area contributed by atoms with Crippen molar-refractivity contribution in [3.8, 4) is 17.6 Å². The summed E-state index contributed by atoms with van der Waals surface area (Å²) in [7, 11) is 2.92. The van der Waals surface area contributed by atoms with Gasteiger partial charge in [-0.05, 0) is 6.07 Å². The van der Waals surface area contributed by atoms with Crippen LogP contribution in [0.25, 0.3) is 0 Å². The standard InChI is InChI=1S/C15H20N4O4.2ClH/c1-22-14-9-11(13(19(20)21)10-15(14)23-2)12(3-4-16)18-7-5-17-6-8-18;;/h9-10,12,17H,3,5-8H2,1-2H3;2*1H/t12-;;/m0../s1. The molecule has 0 saturated carbocycles. The maximum Gasteiger partial charge on any atom is 0.278 e. The predicted molar refractivity (Wildman–Crippen MR) is 98.1 cm³/mol. The van der Waals surface area contributed by atoms with E-state index >= 15 is 0 Å². The van der Waals surface area contributed by atoms with Crippen molar-refractivity contribution in [3.05, 3.63) is 27.8 Å². The van der Waals surface area contributed by atoms with E-state index in [2.05, 4.69) is 16.3 Å². The molecule has 0 radical (unpaired) electrons. The van der Waals surface area contributed by atoms with E-state index in [0.717, 1.165) is 26.2 Å². The monoisotopic (exact) mass is 392 g/mol. The zero-order chi connectivity index (χ0) is 16.8. The fraction of sp³-hybridized carbons (Fsp3) is 0.533. The van der Waals surface area contributed by atoms with Crippen LogP contribution in [0.15, 0.2) is 12.1 Å². The molecule has 140 valence electrons. The van der Waals surface area contributed by atoms with Gasteiger partial charge >= 0.3 is 0 Å². The summed E-state index contributed by atoms with van der Waals surface area (Å²) in [5.74, 6) is 0.727. The minimum atomic E-state index is -0.441. The first-order chi connectivity index (χ1) is 11.1. The molecule has 0 amide bonds. The Bertz CT molecular complexity index is 618. The van der Waals surface area contributed by atoms with Crippen LogP contribution < -0.4 is 14.8 Å². The highest BCUT2D eigenvalue weighted by Gasteiger charge is 2.30. The minimum Gasteiger partial charge on any atom is -0.493 e. The van der Waals surface area contributed by atoms with Crippen LogP contribution in [0.2, 0.25) is 0 Å². The summed E-state index contributed by atoms with van der Waals surface area (Å²) < 4.78 is 10.4. The zero-order valence-corrected chi connectivity index (χ0v) is 15.7. The third kappa shape index (κ3) is 5.34. The molecule has 25 heavy (non-hydrogen) atoms. The highest BCUT2D eigenvalue weighted by molar-refractivity contribution is 5.85. The Morgan fingerprint density at radius 2 is 1.84 bits per heavy atom. The molecule has 1 fully saturated rings. The van der Waals surface area contributed by atoms with Gasteiger partial charge in [0.25, 0.3) is 5.69 Å². The van der Waals surface area contributed by atoms with E-state index in [1.165, 1.54) is 20.3 Å². The number of nitro benzene ring substituents is 1. The summed E-state index contributed by atoms with van der Waals surface area (Å²) in [6, 6.07) is 4.77. The van der Waals surface area contributed by atoms with Crippen LogP contribution in [0.1, 0.15) is 18.0 Å². The number of nitriles is 1. The Kier molecular flexibility index (Phi) is 10.2. The van der Waals surface area contributed by atoms with E-state index < -0.39 is 4.92 Å². The molecule has 1 aliphatic rings. The van der Waals surface area contributed by atoms with Crippen molar-refractivity contribution in [2.24, 2.45) is 0 Å². The Labute approximate surface area is 159 Å². The molecule has 1 heterocycles. The number of nitrogens with one attached hydrogen (secondary N) is 1. The Morgan fingerprint density at radius 3 is 2.32 bits per heavy atom. The summed E-state index contributed by atoms with van der Waals surface area (Å²) in [5.41, 5.74) is 0.428. The van der Waals surface area contributed by atoms with Gasteiger partial charge in [-0.2, -0.15) is 5.26 Å². The summed E-state index contributed by atoms with van der Waals surface area (Å²) in [6.07, 6.45) is 0.177. The number of nitrogens with zero attached hydrogens (tertiary/aromatic N) is 3. The normalized spacial score (nSPS) is 15.1. The highest BCUT2D eigenvalue weighted by Crippen LogP contribution is 2.40. The highest BCUT2D eigenvalue weighted by atomic mass is 35.5. The summed E-state index contributed by atoms with van der Waals surface area (Å²) in [5, 5.41) is 23.9. The van der Waals surface area contributed by atoms with Crippen molar-refractivity contribution in [2.75, 3.05) is 40.4 Å². The second kappa shape index (κ2) is 10.9. The molecule has 0 bridgehead atoms. The van der Waals surface area contributed by atoms with E-state index in [1.54, 1.807) is 6.07 Å². The summed E-state index contributed by atoms with van der Waals surface area (Å²) in [4.78, 5) is 13.1. The van der Waals surface area contributed by atoms with Gasteiger partial charge < -0.3 is 14.8 Å². The molecule has 0 aromatic heterocycles. The molecule has 0 unspecified atom stereocenters. The fourth-order valence-corrected chi connectivity index (χ4v) is 2.83. The zero-order valence-electron chi connectivity index (χ0n) is 14.1. The lowest BCUT2D eigenvalue weighted by atomic mass is 9.99. The average molecular weight is 393 g/mol. The lowest BCUT2D eigenvalue weighted by molar-refractivity contribution is -0.386. The molecular weight excluding hydrogens is 371 g/mol. The number of rotatable bonds is 6. The molecule has 1 aromatic carbocycles. The summed E-state index contributed by atoms with van der Waals surface area (Å²) in [6.45, 7) is 3.06. The number of hydrogen-bond donors (Lipinski definition) is 1. The van der Waals surface area contributed by atoms with Gasteiger partial charge in [-0.1, -0.05) is 0 Å². The number of ether oxygens (including phenoxy) is 2. The third-order valence-corrected chi connectivity index (χ3v) is 3.97. The SMILES string of the molecule is COc1cc([C@H](CC#N)N2CCNCC2)c([N+](=O)[O-])cc1OC.Cl.Cl. The van der Waals surface area contributed by atoms with Gasteiger partial charge in [0.15, 0.2) is 11.5 Å². The van der Waals surface area contributed by atoms with Crippen molar-refractivity contribution in [2.45, 2.75) is 12.5 Å². The van der Waals surface area contributed by atoms with Gasteiger partial charge in [0.05, 0.1) is 49.3 Å². The molecule has 2 rings (SSSR count). The third-order valence-electron chi connectivity index (χ3n) is 3.97. The van der Waals surface area contributed by atoms with E-state index in [9.17, 15) is 10.1 Å². The van der Waals surface area contributed by atoms with E-state index in [4.69, 9.17) is 14.7 Å². The quantitative estimate of drug-likeness (QED) is 0.585. The molecule has 1 saturated heterocycles. The van der Waals surface area contributed by atoms with Crippen molar-refractivity contribution < 1.29 is 14.4 Å². The van der Waals surface area contributed by atoms with Crippen LogP contribution in [0.3, 0.4) is 0 Å². The molecule has 1 N–H and O–H groups in total. The molecule has 1 atom stereocenters. The Morgan fingerprint density at radius 1 is 1.28 bits per heavy atom. The molecule has 10 heteroatoms. The molecular formula is C15H22Cl2N4O4. The van der Waals surface area contributed by atoms with Gasteiger partial charge in [-0.15, -0.1) is 24.8 Å². The van der Waals surface area contributed by atoms with Gasteiger partial charge in [-0.3, -0.25) is 15.0 Å². The molecule has 1 aromatic rings. The molecule has 0 aliphatic carbocycles. The largest absolute Gasteiger partial charge is 0.493 e. The van der Waals surface area contributed by atoms with Crippen LogP contribution in [-0.2, 0) is 0 Å². The number of piperazine rings is 1. The number of halogens is 2. The van der Waals surface area contributed by atoms with Crippen molar-refractivity contribution >= 4 is 30.5 Å². The van der Waals surface area contributed by atoms with Crippen molar-refractivity contribution in [1.29, 1.82) is 5.26 Å². The first-order valence-corrected chi connectivity index (χ1v) is 7.34. The van der Waals surface area contributed by atoms with Crippen LogP contribution in [-0.4, -0.2) is 50.2 Å². The van der Waals surface area contributed by atoms with Gasteiger partial charge in [-0.25, -0.2) is 0 Å². The minimum absolute atomic E-state index is 0. The maximum absolute atomic E-state index is 11.5. The van der Waals surface area contributed by atoms with Crippen LogP contribution in [0, 0.1) is 21.4 Å². The van der Waals surface area contributed by atoms with Crippen molar-refractivity contribution in [1.82, 2.24) is 10.2 Å². The van der Waals surface area contributed by atoms with Gasteiger partial charge in [0.1, 0.15) is 0 Å². The second-order valence-electron chi connectivity index (χ2n) is 5.19. The van der Waals surface area contributed by atoms with Gasteiger partial charge in [0, 0.05) is 26.2 Å². The molecule has 8 nitrogen and oxygen atoms in total. The van der Waals surface area contributed by atoms with Crippen molar-refractivity contribution in [3.63, 3.8) is 0 Å². The maximum atomic E-state index is 11.5. The van der Waals surface area contributed by atoms with Crippen LogP contribution in [0.5, 0.6) is 11.5 Å². The first-order valence-electron chi connectivity index (χ1n) is 7.34. The topological polar surface area (TPSA) is 101 Å². The number of methoxy groups -OCH3 is 2. The molecule has 1 aliphatic heterocycles. The van der Waals surface area contributed by atoms with E-state index in [0.29, 0.717) is 17.1 Å². The predicted octanol–water partition coefficient (Wildman–Crippen LogP) is 2.32. The first kappa shape index (κ1) is 23.2. The average Bonchev–Trinajstić information content (AvgIpc) is 2.59. The second-order valence-corrected chi connectivity index (χ2v) is 5.19.